The van der Waals surface area contributed by atoms with Crippen molar-refractivity contribution in [1.82, 2.24) is 0 Å². The second-order valence-corrected chi connectivity index (χ2v) is 12.0. The van der Waals surface area contributed by atoms with Gasteiger partial charge in [0, 0.05) is 30.2 Å². The lowest BCUT2D eigenvalue weighted by molar-refractivity contribution is -0.239. The number of fused-ring (bicyclic) bond motifs is 1. The van der Waals surface area contributed by atoms with Gasteiger partial charge in [-0.1, -0.05) is 41.5 Å². The molecule has 5 rings (SSSR count). The molecule has 1 aromatic rings. The van der Waals surface area contributed by atoms with Crippen LogP contribution < -0.4 is 4.74 Å². The zero-order valence-electron chi connectivity index (χ0n) is 20.7. The Morgan fingerprint density at radius 2 is 1.52 bits per heavy atom. The van der Waals surface area contributed by atoms with Crippen LogP contribution in [0.4, 0.5) is 0 Å². The third-order valence-corrected chi connectivity index (χ3v) is 8.55. The molecule has 33 heavy (non-hydrogen) atoms. The van der Waals surface area contributed by atoms with Crippen molar-refractivity contribution < 1.29 is 29.6 Å². The molecule has 0 unspecified atom stereocenters. The smallest absolute Gasteiger partial charge is 0.170 e. The fraction of sp³-hybridized carbons (Fsp3) is 0.704. The summed E-state index contributed by atoms with van der Waals surface area (Å²) in [7, 11) is 0. The van der Waals surface area contributed by atoms with Gasteiger partial charge in [-0.2, -0.15) is 0 Å². The number of hydrogen-bond acceptors (Lipinski definition) is 6. The Morgan fingerprint density at radius 1 is 0.939 bits per heavy atom. The highest BCUT2D eigenvalue weighted by molar-refractivity contribution is 6.09. The second-order valence-electron chi connectivity index (χ2n) is 12.0. The number of hydrogen-bond donors (Lipinski definition) is 3. The fourth-order valence-electron chi connectivity index (χ4n) is 6.72. The zero-order valence-corrected chi connectivity index (χ0v) is 20.7. The first-order valence-electron chi connectivity index (χ1n) is 12.3. The molecule has 1 aromatic carbocycles. The van der Waals surface area contributed by atoms with E-state index < -0.39 is 11.4 Å². The van der Waals surface area contributed by atoms with E-state index in [2.05, 4.69) is 13.8 Å². The van der Waals surface area contributed by atoms with E-state index >= 15 is 0 Å². The van der Waals surface area contributed by atoms with Crippen LogP contribution in [-0.4, -0.2) is 39.1 Å². The molecule has 0 aromatic heterocycles. The maximum absolute atomic E-state index is 13.3. The van der Waals surface area contributed by atoms with Gasteiger partial charge in [0.2, 0.25) is 0 Å². The van der Waals surface area contributed by atoms with Crippen LogP contribution in [0.15, 0.2) is 0 Å². The van der Waals surface area contributed by atoms with Crippen LogP contribution in [0.5, 0.6) is 17.2 Å². The van der Waals surface area contributed by atoms with E-state index in [-0.39, 0.29) is 82.7 Å². The number of aliphatic hydroxyl groups excluding tert-OH is 1. The van der Waals surface area contributed by atoms with Crippen LogP contribution in [-0.2, 0) is 6.42 Å². The van der Waals surface area contributed by atoms with Crippen LogP contribution in [0.1, 0.15) is 93.5 Å². The summed E-state index contributed by atoms with van der Waals surface area (Å²) >= 11 is 0. The first-order valence-corrected chi connectivity index (χ1v) is 12.3. The molecule has 6 heteroatoms. The Kier molecular flexibility index (Phi) is 5.83. The van der Waals surface area contributed by atoms with Crippen molar-refractivity contribution in [2.24, 2.45) is 35.0 Å². The lowest BCUT2D eigenvalue weighted by Gasteiger charge is -2.68. The molecule has 3 aliphatic carbocycles. The Bertz CT molecular complexity index is 991. The summed E-state index contributed by atoms with van der Waals surface area (Å²) in [5.41, 5.74) is -0.624. The summed E-state index contributed by atoms with van der Waals surface area (Å²) in [6.07, 6.45) is 2.56. The molecule has 3 N–H and O–H groups in total. The zero-order chi connectivity index (χ0) is 24.5. The molecule has 3 fully saturated rings. The van der Waals surface area contributed by atoms with Gasteiger partial charge in [-0.25, -0.2) is 0 Å². The Morgan fingerprint density at radius 3 is 2.03 bits per heavy atom. The minimum Gasteiger partial charge on any atom is -0.507 e. The van der Waals surface area contributed by atoms with Gasteiger partial charge in [-0.3, -0.25) is 9.59 Å². The molecule has 1 aliphatic heterocycles. The van der Waals surface area contributed by atoms with Gasteiger partial charge in [-0.15, -0.1) is 0 Å². The number of ketones is 2. The highest BCUT2D eigenvalue weighted by Gasteiger charge is 2.67. The van der Waals surface area contributed by atoms with Crippen LogP contribution in [0.3, 0.4) is 0 Å². The molecule has 2 bridgehead atoms. The number of Topliss-reactive ketones (excluding diaryl/α,β-unsaturated/α-hetero) is 2. The SMILES string of the molecule is CC(C)CC(=O)c1c(O)c2c(c(C(=O)CC(C)C)c1O)O[C@@]1(CO)[C@@H](C2)C[C@H]2C[C@@H]1C2(C)C. The van der Waals surface area contributed by atoms with Crippen LogP contribution in [0.25, 0.3) is 0 Å². The summed E-state index contributed by atoms with van der Waals surface area (Å²) in [5.74, 6) is -0.625. The first kappa shape index (κ1) is 24.1. The number of phenols is 2. The van der Waals surface area contributed by atoms with E-state index in [9.17, 15) is 24.9 Å². The van der Waals surface area contributed by atoms with E-state index in [1.165, 1.54) is 0 Å². The molecule has 182 valence electrons. The molecule has 1 heterocycles. The quantitative estimate of drug-likeness (QED) is 0.502. The third kappa shape index (κ3) is 3.48. The highest BCUT2D eigenvalue weighted by Crippen LogP contribution is 2.68. The van der Waals surface area contributed by atoms with Crippen LogP contribution >= 0.6 is 0 Å². The van der Waals surface area contributed by atoms with E-state index in [0.29, 0.717) is 17.9 Å². The predicted octanol–water partition coefficient (Wildman–Crippen LogP) is 4.90. The standard InChI is InChI=1S/C27H38O6/c1-13(2)7-18(29)21-23(31)17-10-16-9-15-11-20(26(15,5)6)27(16,12-28)33-25(17)22(24(21)32)19(30)8-14(3)4/h13-16,20,28,31-32H,7-12H2,1-6H3/t15-,16+,20+,27-/m0/s1. The van der Waals surface area contributed by atoms with Gasteiger partial charge in [0.05, 0.1) is 6.61 Å². The molecule has 4 aliphatic rings. The van der Waals surface area contributed by atoms with Crippen LogP contribution in [0.2, 0.25) is 0 Å². The van der Waals surface area contributed by atoms with Crippen molar-refractivity contribution in [2.75, 3.05) is 6.61 Å². The predicted molar refractivity (Wildman–Crippen MR) is 125 cm³/mol. The molecule has 3 saturated carbocycles. The number of aliphatic hydroxyl groups is 1. The van der Waals surface area contributed by atoms with Gasteiger partial charge in [0.1, 0.15) is 34.0 Å². The van der Waals surface area contributed by atoms with Crippen molar-refractivity contribution in [3.05, 3.63) is 16.7 Å². The van der Waals surface area contributed by atoms with Gasteiger partial charge in [0.15, 0.2) is 11.6 Å². The van der Waals surface area contributed by atoms with E-state index in [4.69, 9.17) is 4.74 Å². The average molecular weight is 459 g/mol. The minimum atomic E-state index is -0.861. The summed E-state index contributed by atoms with van der Waals surface area (Å²) in [5, 5.41) is 33.0. The van der Waals surface area contributed by atoms with E-state index in [1.54, 1.807) is 0 Å². The van der Waals surface area contributed by atoms with Crippen molar-refractivity contribution in [2.45, 2.75) is 79.2 Å². The second kappa shape index (κ2) is 8.00. The normalized spacial score (nSPS) is 29.2. The third-order valence-electron chi connectivity index (χ3n) is 8.55. The minimum absolute atomic E-state index is 0.0100. The number of carbonyl (C=O) groups is 2. The molecule has 0 spiro atoms. The number of carbonyl (C=O) groups excluding carboxylic acids is 2. The molecule has 6 nitrogen and oxygen atoms in total. The number of rotatable bonds is 7. The summed E-state index contributed by atoms with van der Waals surface area (Å²) < 4.78 is 6.57. The highest BCUT2D eigenvalue weighted by atomic mass is 16.5. The lowest BCUT2D eigenvalue weighted by Crippen LogP contribution is -2.70. The van der Waals surface area contributed by atoms with Crippen LogP contribution in [0, 0.1) is 35.0 Å². The van der Waals surface area contributed by atoms with Crippen molar-refractivity contribution >= 4 is 11.6 Å². The topological polar surface area (TPSA) is 104 Å². The average Bonchev–Trinajstić information content (AvgIpc) is 2.70. The van der Waals surface area contributed by atoms with E-state index in [0.717, 1.165) is 12.8 Å². The molecule has 0 saturated heterocycles. The van der Waals surface area contributed by atoms with Crippen molar-refractivity contribution in [3.8, 4) is 17.2 Å². The Hall–Kier alpha value is -2.08. The largest absolute Gasteiger partial charge is 0.507 e. The number of benzene rings is 1. The summed E-state index contributed by atoms with van der Waals surface area (Å²) in [4.78, 5) is 26.3. The van der Waals surface area contributed by atoms with Gasteiger partial charge in [-0.05, 0) is 42.4 Å². The van der Waals surface area contributed by atoms with Crippen molar-refractivity contribution in [1.29, 1.82) is 0 Å². The molecule has 4 atom stereocenters. The molecule has 0 radical (unpaired) electrons. The lowest BCUT2D eigenvalue weighted by atomic mass is 9.40. The van der Waals surface area contributed by atoms with Gasteiger partial charge in [0.25, 0.3) is 0 Å². The summed E-state index contributed by atoms with van der Waals surface area (Å²) in [6, 6.07) is 0. The maximum Gasteiger partial charge on any atom is 0.170 e. The summed E-state index contributed by atoms with van der Waals surface area (Å²) in [6.45, 7) is 11.8. The Balaban J connectivity index is 1.91. The first-order chi connectivity index (χ1) is 15.3. The number of ether oxygens (including phenoxy) is 1. The molecule has 0 amide bonds. The fourth-order valence-corrected chi connectivity index (χ4v) is 6.72. The maximum atomic E-state index is 13.3. The van der Waals surface area contributed by atoms with Crippen molar-refractivity contribution in [3.63, 3.8) is 0 Å². The number of phenolic OH excluding ortho intramolecular Hbond substituents is 2. The van der Waals surface area contributed by atoms with E-state index in [1.807, 2.05) is 27.7 Å². The Labute approximate surface area is 196 Å². The number of aromatic hydroxyl groups is 2. The van der Waals surface area contributed by atoms with Gasteiger partial charge >= 0.3 is 0 Å². The molecular weight excluding hydrogens is 420 g/mol. The van der Waals surface area contributed by atoms with Gasteiger partial charge < -0.3 is 20.1 Å². The monoisotopic (exact) mass is 458 g/mol. The molecular formula is C27H38O6.